The Kier molecular flexibility index (Phi) is 5.33. The van der Waals surface area contributed by atoms with Gasteiger partial charge in [-0.05, 0) is 31.5 Å². The highest BCUT2D eigenvalue weighted by atomic mass is 35.5. The molecule has 1 unspecified atom stereocenters. The minimum absolute atomic E-state index is 0.157. The van der Waals surface area contributed by atoms with Crippen molar-refractivity contribution in [2.24, 2.45) is 0 Å². The molecular formula is C15H17ClN4O3. The molecule has 2 aromatic rings. The zero-order valence-corrected chi connectivity index (χ0v) is 13.5. The highest BCUT2D eigenvalue weighted by Crippen LogP contribution is 2.17. The number of carboxylic acids is 1. The summed E-state index contributed by atoms with van der Waals surface area (Å²) in [5.74, 6) is -1.42. The quantitative estimate of drug-likeness (QED) is 0.841. The summed E-state index contributed by atoms with van der Waals surface area (Å²) in [6, 6.07) is 6.57. The molecule has 23 heavy (non-hydrogen) atoms. The lowest BCUT2D eigenvalue weighted by Crippen LogP contribution is -2.35. The van der Waals surface area contributed by atoms with E-state index in [1.807, 2.05) is 13.0 Å². The van der Waals surface area contributed by atoms with Gasteiger partial charge in [0.2, 0.25) is 0 Å². The summed E-state index contributed by atoms with van der Waals surface area (Å²) in [6.07, 6.45) is 0.380. The Morgan fingerprint density at radius 1 is 1.43 bits per heavy atom. The molecule has 1 aromatic carbocycles. The van der Waals surface area contributed by atoms with Gasteiger partial charge in [-0.1, -0.05) is 29.8 Å². The van der Waals surface area contributed by atoms with Crippen molar-refractivity contribution >= 4 is 23.5 Å². The zero-order valence-electron chi connectivity index (χ0n) is 12.8. The van der Waals surface area contributed by atoms with Crippen molar-refractivity contribution in [3.05, 3.63) is 40.7 Å². The van der Waals surface area contributed by atoms with E-state index >= 15 is 0 Å². The summed E-state index contributed by atoms with van der Waals surface area (Å²) in [7, 11) is 0. The molecule has 0 bridgehead atoms. The van der Waals surface area contributed by atoms with Crippen LogP contribution in [0.25, 0.3) is 5.69 Å². The molecule has 0 aliphatic rings. The Labute approximate surface area is 138 Å². The number of benzene rings is 1. The molecule has 0 aliphatic carbocycles. The highest BCUT2D eigenvalue weighted by molar-refractivity contribution is 6.30. The Bertz CT molecular complexity index is 729. The van der Waals surface area contributed by atoms with Crippen LogP contribution < -0.4 is 5.32 Å². The van der Waals surface area contributed by atoms with Gasteiger partial charge < -0.3 is 10.4 Å². The predicted octanol–water partition coefficient (Wildman–Crippen LogP) is 2.08. The number of carboxylic acid groups (broad SMARTS) is 1. The largest absolute Gasteiger partial charge is 0.481 e. The minimum atomic E-state index is -0.976. The van der Waals surface area contributed by atoms with Crippen LogP contribution in [0.4, 0.5) is 0 Å². The summed E-state index contributed by atoms with van der Waals surface area (Å²) in [5, 5.41) is 19.9. The van der Waals surface area contributed by atoms with Gasteiger partial charge in [0.25, 0.3) is 5.91 Å². The topological polar surface area (TPSA) is 97.1 Å². The number of hydrogen-bond donors (Lipinski definition) is 2. The lowest BCUT2D eigenvalue weighted by atomic mass is 10.2. The first-order valence-electron chi connectivity index (χ1n) is 7.15. The molecule has 0 saturated carbocycles. The van der Waals surface area contributed by atoms with Gasteiger partial charge in [0.1, 0.15) is 0 Å². The molecule has 0 aliphatic heterocycles. The van der Waals surface area contributed by atoms with Crippen LogP contribution >= 0.6 is 11.6 Å². The maximum Gasteiger partial charge on any atom is 0.305 e. The van der Waals surface area contributed by atoms with Crippen LogP contribution in [0.1, 0.15) is 36.5 Å². The standard InChI is InChI=1S/C15H17ClN4O3/c1-3-12-14(15(23)17-9(2)7-13(21)22)18-19-20(12)11-6-4-5-10(16)8-11/h4-6,8-9H,3,7H2,1-2H3,(H,17,23)(H,21,22). The van der Waals surface area contributed by atoms with Gasteiger partial charge in [0, 0.05) is 11.1 Å². The molecule has 1 amide bonds. The number of amides is 1. The fourth-order valence-corrected chi connectivity index (χ4v) is 2.40. The number of aliphatic carboxylic acids is 1. The van der Waals surface area contributed by atoms with E-state index in [9.17, 15) is 9.59 Å². The van der Waals surface area contributed by atoms with E-state index in [2.05, 4.69) is 15.6 Å². The summed E-state index contributed by atoms with van der Waals surface area (Å²) in [6.45, 7) is 3.51. The first-order chi connectivity index (χ1) is 10.9. The summed E-state index contributed by atoms with van der Waals surface area (Å²) >= 11 is 5.98. The van der Waals surface area contributed by atoms with Gasteiger partial charge >= 0.3 is 5.97 Å². The second-order valence-electron chi connectivity index (χ2n) is 5.10. The van der Waals surface area contributed by atoms with Gasteiger partial charge in [-0.25, -0.2) is 4.68 Å². The Morgan fingerprint density at radius 3 is 2.78 bits per heavy atom. The molecule has 1 aromatic heterocycles. The maximum absolute atomic E-state index is 12.3. The van der Waals surface area contributed by atoms with Crippen LogP contribution in [0.5, 0.6) is 0 Å². The molecule has 122 valence electrons. The summed E-state index contributed by atoms with van der Waals surface area (Å²) in [4.78, 5) is 23.0. The lowest BCUT2D eigenvalue weighted by molar-refractivity contribution is -0.137. The fourth-order valence-electron chi connectivity index (χ4n) is 2.22. The van der Waals surface area contributed by atoms with Crippen molar-refractivity contribution in [3.63, 3.8) is 0 Å². The Morgan fingerprint density at radius 2 is 2.17 bits per heavy atom. The molecule has 7 nitrogen and oxygen atoms in total. The van der Waals surface area contributed by atoms with Crippen molar-refractivity contribution in [2.75, 3.05) is 0 Å². The number of rotatable bonds is 6. The third-order valence-corrected chi connectivity index (χ3v) is 3.46. The number of hydrogen-bond acceptors (Lipinski definition) is 4. The first-order valence-corrected chi connectivity index (χ1v) is 7.53. The van der Waals surface area contributed by atoms with E-state index in [1.165, 1.54) is 0 Å². The number of carbonyl (C=O) groups is 2. The fraction of sp³-hybridized carbons (Fsp3) is 0.333. The van der Waals surface area contributed by atoms with Crippen molar-refractivity contribution < 1.29 is 14.7 Å². The normalized spacial score (nSPS) is 12.0. The zero-order chi connectivity index (χ0) is 17.0. The first kappa shape index (κ1) is 17.0. The average molecular weight is 337 g/mol. The molecule has 1 heterocycles. The van der Waals surface area contributed by atoms with Crippen LogP contribution in [-0.2, 0) is 11.2 Å². The minimum Gasteiger partial charge on any atom is -0.481 e. The monoisotopic (exact) mass is 336 g/mol. The summed E-state index contributed by atoms with van der Waals surface area (Å²) in [5.41, 5.74) is 1.52. The van der Waals surface area contributed by atoms with Gasteiger partial charge in [-0.15, -0.1) is 5.10 Å². The van der Waals surface area contributed by atoms with Crippen molar-refractivity contribution in [1.82, 2.24) is 20.3 Å². The van der Waals surface area contributed by atoms with E-state index in [0.29, 0.717) is 22.8 Å². The molecule has 2 rings (SSSR count). The van der Waals surface area contributed by atoms with E-state index in [1.54, 1.807) is 29.8 Å². The van der Waals surface area contributed by atoms with Crippen molar-refractivity contribution in [1.29, 1.82) is 0 Å². The molecule has 0 spiro atoms. The van der Waals surface area contributed by atoms with E-state index in [-0.39, 0.29) is 12.1 Å². The number of halogens is 1. The van der Waals surface area contributed by atoms with Gasteiger partial charge in [0.15, 0.2) is 5.69 Å². The molecule has 2 N–H and O–H groups in total. The molecule has 0 radical (unpaired) electrons. The third kappa shape index (κ3) is 4.07. The van der Waals surface area contributed by atoms with E-state index in [0.717, 1.165) is 0 Å². The SMILES string of the molecule is CCc1c(C(=O)NC(C)CC(=O)O)nnn1-c1cccc(Cl)c1. The highest BCUT2D eigenvalue weighted by Gasteiger charge is 2.21. The molecule has 0 fully saturated rings. The maximum atomic E-state index is 12.3. The van der Waals surface area contributed by atoms with Crippen LogP contribution in [0.15, 0.2) is 24.3 Å². The van der Waals surface area contributed by atoms with Crippen LogP contribution in [0, 0.1) is 0 Å². The number of nitrogens with zero attached hydrogens (tertiary/aromatic N) is 3. The van der Waals surface area contributed by atoms with E-state index in [4.69, 9.17) is 16.7 Å². The van der Waals surface area contributed by atoms with Gasteiger partial charge in [-0.3, -0.25) is 9.59 Å². The van der Waals surface area contributed by atoms with E-state index < -0.39 is 17.9 Å². The van der Waals surface area contributed by atoms with Crippen LogP contribution in [-0.4, -0.2) is 38.0 Å². The summed E-state index contributed by atoms with van der Waals surface area (Å²) < 4.78 is 1.56. The predicted molar refractivity (Wildman–Crippen MR) is 84.9 cm³/mol. The molecular weight excluding hydrogens is 320 g/mol. The van der Waals surface area contributed by atoms with Gasteiger partial charge in [0.05, 0.1) is 17.8 Å². The van der Waals surface area contributed by atoms with Crippen LogP contribution in [0.3, 0.4) is 0 Å². The molecule has 0 saturated heterocycles. The number of nitrogens with one attached hydrogen (secondary N) is 1. The van der Waals surface area contributed by atoms with Crippen LogP contribution in [0.2, 0.25) is 5.02 Å². The lowest BCUT2D eigenvalue weighted by Gasteiger charge is -2.11. The number of aromatic nitrogens is 3. The Hall–Kier alpha value is -2.41. The van der Waals surface area contributed by atoms with Gasteiger partial charge in [-0.2, -0.15) is 0 Å². The molecule has 8 heteroatoms. The molecule has 1 atom stereocenters. The average Bonchev–Trinajstić information content (AvgIpc) is 2.90. The second-order valence-corrected chi connectivity index (χ2v) is 5.54. The number of carbonyl (C=O) groups excluding carboxylic acids is 1. The Balaban J connectivity index is 2.27. The van der Waals surface area contributed by atoms with Crippen molar-refractivity contribution in [3.8, 4) is 5.69 Å². The van der Waals surface area contributed by atoms with Crippen molar-refractivity contribution in [2.45, 2.75) is 32.7 Å². The third-order valence-electron chi connectivity index (χ3n) is 3.22. The second kappa shape index (κ2) is 7.23. The smallest absolute Gasteiger partial charge is 0.305 e.